The summed E-state index contributed by atoms with van der Waals surface area (Å²) in [5.74, 6) is 2.70. The summed E-state index contributed by atoms with van der Waals surface area (Å²) in [6.45, 7) is 2.40. The lowest BCUT2D eigenvalue weighted by Crippen LogP contribution is -2.46. The average molecular weight is 532 g/mol. The fraction of sp³-hybridized carbons (Fsp3) is 0.552. The highest BCUT2D eigenvalue weighted by molar-refractivity contribution is 5.86. The first kappa shape index (κ1) is 25.0. The molecule has 1 aromatic carbocycles. The van der Waals surface area contributed by atoms with E-state index in [0.717, 1.165) is 67.7 Å². The molecule has 3 aliphatic rings. The van der Waals surface area contributed by atoms with Gasteiger partial charge in [-0.3, -0.25) is 0 Å². The first-order valence-electron chi connectivity index (χ1n) is 14.1. The van der Waals surface area contributed by atoms with Crippen molar-refractivity contribution >= 4 is 27.9 Å². The Morgan fingerprint density at radius 1 is 1.13 bits per heavy atom. The molecular weight excluding hydrogens is 494 g/mol. The first-order valence-corrected chi connectivity index (χ1v) is 14.1. The molecule has 3 aromatic heterocycles. The normalized spacial score (nSPS) is 29.3. The number of hydrogen-bond donors (Lipinski definition) is 4. The second-order valence-electron chi connectivity index (χ2n) is 11.9. The molecule has 0 spiro atoms. The number of aliphatic hydroxyl groups is 2. The van der Waals surface area contributed by atoms with Crippen LogP contribution in [0.2, 0.25) is 0 Å². The van der Waals surface area contributed by atoms with Gasteiger partial charge >= 0.3 is 0 Å². The molecule has 4 aromatic rings. The van der Waals surface area contributed by atoms with Gasteiger partial charge in [-0.25, -0.2) is 15.0 Å². The number of H-pyrrole nitrogens is 1. The van der Waals surface area contributed by atoms with Crippen LogP contribution in [0, 0.1) is 11.8 Å². The topological polar surface area (TPSA) is 138 Å². The van der Waals surface area contributed by atoms with Gasteiger partial charge in [-0.1, -0.05) is 6.07 Å². The van der Waals surface area contributed by atoms with Gasteiger partial charge in [-0.15, -0.1) is 0 Å². The van der Waals surface area contributed by atoms with Crippen molar-refractivity contribution in [3.05, 3.63) is 48.2 Å². The number of nitrogens with one attached hydrogen (secondary N) is 1. The third-order valence-corrected chi connectivity index (χ3v) is 9.48. The van der Waals surface area contributed by atoms with Crippen LogP contribution in [0.1, 0.15) is 49.0 Å². The van der Waals surface area contributed by atoms with E-state index in [9.17, 15) is 10.2 Å². The zero-order chi connectivity index (χ0) is 26.7. The lowest BCUT2D eigenvalue weighted by molar-refractivity contribution is -0.00658. The molecule has 206 valence electrons. The molecule has 7 rings (SSSR count). The molecule has 39 heavy (non-hydrogen) atoms. The van der Waals surface area contributed by atoms with Crippen LogP contribution in [0.5, 0.6) is 0 Å². The maximum Gasteiger partial charge on any atom is 0.145 e. The molecule has 4 heterocycles. The van der Waals surface area contributed by atoms with Crippen LogP contribution in [0.3, 0.4) is 0 Å². The Balaban J connectivity index is 0.915. The number of imidazole rings is 1. The number of nitrogens with zero attached hydrogens (tertiary/aromatic N) is 5. The first-order chi connectivity index (χ1) is 18.9. The molecule has 2 aliphatic carbocycles. The molecule has 0 unspecified atom stereocenters. The van der Waals surface area contributed by atoms with Crippen molar-refractivity contribution in [3.8, 4) is 0 Å². The monoisotopic (exact) mass is 531 g/mol. The minimum Gasteiger partial charge on any atom is -0.390 e. The number of anilines is 1. The van der Waals surface area contributed by atoms with Gasteiger partial charge in [0.25, 0.3) is 0 Å². The Morgan fingerprint density at radius 3 is 2.77 bits per heavy atom. The molecule has 5 N–H and O–H groups in total. The molecule has 10 heteroatoms. The van der Waals surface area contributed by atoms with Gasteiger partial charge < -0.3 is 35.1 Å². The maximum absolute atomic E-state index is 10.9. The zero-order valence-corrected chi connectivity index (χ0v) is 22.3. The molecule has 3 fully saturated rings. The Hall–Kier alpha value is -3.05. The number of aliphatic hydroxyl groups excluding tert-OH is 2. The summed E-state index contributed by atoms with van der Waals surface area (Å²) in [6, 6.07) is 8.71. The maximum atomic E-state index is 10.9. The van der Waals surface area contributed by atoms with Gasteiger partial charge in [0.05, 0.1) is 41.8 Å². The van der Waals surface area contributed by atoms with Crippen molar-refractivity contribution in [2.45, 2.75) is 62.3 Å². The Morgan fingerprint density at radius 2 is 1.97 bits per heavy atom. The number of aromatic nitrogens is 5. The van der Waals surface area contributed by atoms with Crippen molar-refractivity contribution in [3.63, 3.8) is 0 Å². The third kappa shape index (κ3) is 4.49. The number of nitrogens with two attached hydrogens (primary N) is 1. The molecule has 0 amide bonds. The molecule has 0 radical (unpaired) electrons. The van der Waals surface area contributed by atoms with Crippen molar-refractivity contribution < 1.29 is 14.9 Å². The van der Waals surface area contributed by atoms with Gasteiger partial charge in [0, 0.05) is 37.0 Å². The highest BCUT2D eigenvalue weighted by atomic mass is 16.5. The van der Waals surface area contributed by atoms with Crippen LogP contribution in [0.25, 0.3) is 22.1 Å². The number of rotatable bonds is 8. The Bertz CT molecular complexity index is 1470. The van der Waals surface area contributed by atoms with Crippen LogP contribution < -0.4 is 5.73 Å². The van der Waals surface area contributed by atoms with Crippen LogP contribution in [0.15, 0.2) is 36.8 Å². The van der Waals surface area contributed by atoms with Gasteiger partial charge in [0.2, 0.25) is 0 Å². The number of aromatic amines is 1. The van der Waals surface area contributed by atoms with E-state index < -0.39 is 12.2 Å². The van der Waals surface area contributed by atoms with Crippen molar-refractivity contribution in [1.82, 2.24) is 29.4 Å². The predicted molar refractivity (Wildman–Crippen MR) is 148 cm³/mol. The minimum atomic E-state index is -0.841. The van der Waals surface area contributed by atoms with E-state index in [1.165, 1.54) is 11.9 Å². The van der Waals surface area contributed by atoms with E-state index in [-0.39, 0.29) is 12.0 Å². The smallest absolute Gasteiger partial charge is 0.145 e. The number of hydrogen-bond acceptors (Lipinski definition) is 8. The SMILES string of the molecule is CN(C[C@H]1C[C@@H](n2ccc3c(N)ncnc32)[C@H](O)[C@@H]1O)C1CC(CCc2nc3cc(C4COC4)ccc3[nH]2)C1. The fourth-order valence-electron chi connectivity index (χ4n) is 6.85. The third-order valence-electron chi connectivity index (χ3n) is 9.48. The summed E-state index contributed by atoms with van der Waals surface area (Å²) in [7, 11) is 2.15. The Labute approximate surface area is 227 Å². The standard InChI is InChI=1S/C29H37N7O3/c1-35(12-18-11-24(27(38)26(18)37)36-7-6-21-28(30)31-15-32-29(21)36)20-8-16(9-20)2-5-25-33-22-4-3-17(10-23(22)34-25)19-13-39-14-19/h3-4,6-7,10,15-16,18-20,24,26-27,37-38H,2,5,8-9,11-14H2,1H3,(H,33,34)(H2,30,31,32)/t16?,18-,20?,24-,26-,27+/m1/s1. The second kappa shape index (κ2) is 9.85. The summed E-state index contributed by atoms with van der Waals surface area (Å²) in [5.41, 5.74) is 10.2. The van der Waals surface area contributed by atoms with E-state index in [2.05, 4.69) is 45.1 Å². The van der Waals surface area contributed by atoms with Gasteiger partial charge in [0.15, 0.2) is 0 Å². The molecule has 10 nitrogen and oxygen atoms in total. The number of nitrogen functional groups attached to an aromatic ring is 1. The van der Waals surface area contributed by atoms with E-state index in [1.807, 2.05) is 16.8 Å². The van der Waals surface area contributed by atoms with Crippen molar-refractivity contribution in [2.75, 3.05) is 32.5 Å². The summed E-state index contributed by atoms with van der Waals surface area (Å²) < 4.78 is 7.28. The minimum absolute atomic E-state index is 0.00220. The largest absolute Gasteiger partial charge is 0.390 e. The van der Waals surface area contributed by atoms with Gasteiger partial charge in [-0.2, -0.15) is 0 Å². The summed E-state index contributed by atoms with van der Waals surface area (Å²) in [5, 5.41) is 22.6. The number of benzene rings is 1. The van der Waals surface area contributed by atoms with Crippen LogP contribution in [0.4, 0.5) is 5.82 Å². The number of aryl methyl sites for hydroxylation is 1. The van der Waals surface area contributed by atoms with Gasteiger partial charge in [-0.05, 0) is 62.4 Å². The highest BCUT2D eigenvalue weighted by Crippen LogP contribution is 2.40. The molecule has 4 atom stereocenters. The molecule has 0 bridgehead atoms. The van der Waals surface area contributed by atoms with Gasteiger partial charge in [0.1, 0.15) is 29.7 Å². The molecule has 2 saturated carbocycles. The van der Waals surface area contributed by atoms with E-state index in [0.29, 0.717) is 35.8 Å². The number of fused-ring (bicyclic) bond motifs is 2. The predicted octanol–water partition coefficient (Wildman–Crippen LogP) is 2.63. The Kier molecular flexibility index (Phi) is 6.30. The molecule has 1 aliphatic heterocycles. The number of ether oxygens (including phenoxy) is 1. The highest BCUT2D eigenvalue weighted by Gasteiger charge is 2.44. The molecular formula is C29H37N7O3. The van der Waals surface area contributed by atoms with Crippen LogP contribution in [-0.4, -0.2) is 84.7 Å². The average Bonchev–Trinajstić information content (AvgIpc) is 3.54. The van der Waals surface area contributed by atoms with E-state index in [1.54, 1.807) is 0 Å². The van der Waals surface area contributed by atoms with Crippen molar-refractivity contribution in [2.24, 2.45) is 11.8 Å². The zero-order valence-electron chi connectivity index (χ0n) is 22.3. The fourth-order valence-corrected chi connectivity index (χ4v) is 6.85. The summed E-state index contributed by atoms with van der Waals surface area (Å²) in [6.07, 6.45) is 6.84. The van der Waals surface area contributed by atoms with E-state index >= 15 is 0 Å². The van der Waals surface area contributed by atoms with E-state index in [4.69, 9.17) is 15.5 Å². The lowest BCUT2D eigenvalue weighted by atomic mass is 9.76. The summed E-state index contributed by atoms with van der Waals surface area (Å²) in [4.78, 5) is 19.2. The van der Waals surface area contributed by atoms with Crippen LogP contribution >= 0.6 is 0 Å². The molecule has 1 saturated heterocycles. The quantitative estimate of drug-likeness (QED) is 0.272. The second-order valence-corrected chi connectivity index (χ2v) is 11.9. The summed E-state index contributed by atoms with van der Waals surface area (Å²) >= 11 is 0. The van der Waals surface area contributed by atoms with Crippen molar-refractivity contribution in [1.29, 1.82) is 0 Å². The van der Waals surface area contributed by atoms with Crippen LogP contribution in [-0.2, 0) is 11.2 Å². The lowest BCUT2D eigenvalue weighted by Gasteiger charge is -2.42.